The number of carboxylic acids is 1. The Hall–Kier alpha value is -4.04. The first-order chi connectivity index (χ1) is 15.2. The molecule has 0 saturated heterocycles. The lowest BCUT2D eigenvalue weighted by atomic mass is 9.88. The molecule has 0 amide bonds. The number of halogens is 3. The van der Waals surface area contributed by atoms with E-state index < -0.39 is 35.8 Å². The number of carbonyl (C=O) groups is 1. The van der Waals surface area contributed by atoms with Gasteiger partial charge in [0.05, 0.1) is 24.3 Å². The highest BCUT2D eigenvalue weighted by molar-refractivity contribution is 5.87. The molecule has 0 aliphatic heterocycles. The molecule has 1 unspecified atom stereocenters. The van der Waals surface area contributed by atoms with Gasteiger partial charge in [0.2, 0.25) is 5.89 Å². The molecule has 8 nitrogen and oxygen atoms in total. The lowest BCUT2D eigenvalue weighted by Crippen LogP contribution is -2.47. The minimum atomic E-state index is -5.22. The van der Waals surface area contributed by atoms with E-state index >= 15 is 0 Å². The van der Waals surface area contributed by atoms with Gasteiger partial charge in [-0.3, -0.25) is 0 Å². The van der Waals surface area contributed by atoms with Crippen molar-refractivity contribution in [3.05, 3.63) is 59.6 Å². The number of hydrogen-bond donors (Lipinski definition) is 2. The number of nitrogens with one attached hydrogen (secondary N) is 1. The van der Waals surface area contributed by atoms with Crippen molar-refractivity contribution in [1.29, 1.82) is 5.26 Å². The molecule has 2 heterocycles. The number of hydrogen-bond acceptors (Lipinski definition) is 6. The molecule has 11 heteroatoms. The molecule has 2 aromatic heterocycles. The number of rotatable bonds is 6. The fourth-order valence-corrected chi connectivity index (χ4v) is 3.55. The van der Waals surface area contributed by atoms with Gasteiger partial charge in [-0.1, -0.05) is 0 Å². The minimum absolute atomic E-state index is 0.0215. The lowest BCUT2D eigenvalue weighted by Gasteiger charge is -2.34. The zero-order valence-corrected chi connectivity index (χ0v) is 16.4. The number of benzene rings is 2. The number of methoxy groups -OCH3 is 1. The third kappa shape index (κ3) is 3.21. The summed E-state index contributed by atoms with van der Waals surface area (Å²) < 4.78 is 60.4. The number of fused-ring (bicyclic) bond motifs is 2. The second kappa shape index (κ2) is 7.58. The summed E-state index contributed by atoms with van der Waals surface area (Å²) in [4.78, 5) is 18.0. The van der Waals surface area contributed by atoms with Crippen molar-refractivity contribution in [3.63, 3.8) is 0 Å². The molecular formula is C21H14F3N3O5. The Balaban J connectivity index is 2.12. The minimum Gasteiger partial charge on any atom is -0.496 e. The third-order valence-electron chi connectivity index (χ3n) is 4.90. The van der Waals surface area contributed by atoms with Crippen LogP contribution >= 0.6 is 0 Å². The molecule has 0 saturated carbocycles. The van der Waals surface area contributed by atoms with Gasteiger partial charge >= 0.3 is 12.1 Å². The van der Waals surface area contributed by atoms with Crippen LogP contribution in [0.25, 0.3) is 22.0 Å². The largest absolute Gasteiger partial charge is 0.496 e. The fourth-order valence-electron chi connectivity index (χ4n) is 3.55. The standard InChI is InChI=1S/C21H14F3N3O5/c1-30-16-5-3-13-12(6-7-26-13)18(16)20(21(22,23)24,31-10-17(28)29)19-27-14-8-11(9-25)2-4-15(14)32-19/h2-8,26H,10H2,1H3,(H,28,29). The zero-order valence-electron chi connectivity index (χ0n) is 16.4. The van der Waals surface area contributed by atoms with E-state index in [1.165, 1.54) is 49.7 Å². The molecule has 4 aromatic rings. The molecule has 1 atom stereocenters. The van der Waals surface area contributed by atoms with E-state index in [4.69, 9.17) is 24.3 Å². The predicted molar refractivity (Wildman–Crippen MR) is 104 cm³/mol. The molecule has 0 aliphatic rings. The first-order valence-electron chi connectivity index (χ1n) is 9.09. The maximum absolute atomic E-state index is 14.9. The average molecular weight is 445 g/mol. The van der Waals surface area contributed by atoms with Gasteiger partial charge in [-0.15, -0.1) is 0 Å². The Morgan fingerprint density at radius 2 is 2.06 bits per heavy atom. The van der Waals surface area contributed by atoms with Crippen LogP contribution in [-0.4, -0.2) is 40.9 Å². The lowest BCUT2D eigenvalue weighted by molar-refractivity contribution is -0.273. The summed E-state index contributed by atoms with van der Waals surface area (Å²) >= 11 is 0. The topological polar surface area (TPSA) is 121 Å². The molecule has 164 valence electrons. The molecule has 0 radical (unpaired) electrons. The highest BCUT2D eigenvalue weighted by Gasteiger charge is 2.64. The summed E-state index contributed by atoms with van der Waals surface area (Å²) in [6.07, 6.45) is -3.79. The molecular weight excluding hydrogens is 431 g/mol. The molecule has 4 rings (SSSR count). The predicted octanol–water partition coefficient (Wildman–Crippen LogP) is 4.10. The van der Waals surface area contributed by atoms with Crippen molar-refractivity contribution in [2.45, 2.75) is 11.8 Å². The number of nitriles is 1. The van der Waals surface area contributed by atoms with E-state index in [1.807, 2.05) is 6.07 Å². The Morgan fingerprint density at radius 1 is 1.28 bits per heavy atom. The smallest absolute Gasteiger partial charge is 0.431 e. The average Bonchev–Trinajstić information content (AvgIpc) is 3.39. The summed E-state index contributed by atoms with van der Waals surface area (Å²) in [5.74, 6) is -2.77. The number of nitrogens with zero attached hydrogens (tertiary/aromatic N) is 2. The van der Waals surface area contributed by atoms with Gasteiger partial charge in [-0.2, -0.15) is 18.4 Å². The van der Waals surface area contributed by atoms with E-state index in [0.717, 1.165) is 0 Å². The zero-order chi connectivity index (χ0) is 23.1. The van der Waals surface area contributed by atoms with Crippen LogP contribution in [-0.2, 0) is 15.1 Å². The number of carboxylic acid groups (broad SMARTS) is 1. The highest BCUT2D eigenvalue weighted by atomic mass is 19.4. The van der Waals surface area contributed by atoms with Crippen molar-refractivity contribution in [1.82, 2.24) is 9.97 Å². The van der Waals surface area contributed by atoms with Crippen molar-refractivity contribution in [2.75, 3.05) is 13.7 Å². The Bertz CT molecular complexity index is 1370. The van der Waals surface area contributed by atoms with E-state index in [1.54, 1.807) is 0 Å². The molecule has 0 fully saturated rings. The molecule has 0 bridgehead atoms. The highest BCUT2D eigenvalue weighted by Crippen LogP contribution is 2.52. The van der Waals surface area contributed by atoms with Gasteiger partial charge in [0, 0.05) is 17.1 Å². The summed E-state index contributed by atoms with van der Waals surface area (Å²) in [5.41, 5.74) is -3.51. The SMILES string of the molecule is COc1ccc2[nH]ccc2c1C(OCC(=O)O)(c1nc2cc(C#N)ccc2o1)C(F)(F)F. The number of ether oxygens (including phenoxy) is 2. The van der Waals surface area contributed by atoms with Gasteiger partial charge in [0.1, 0.15) is 17.9 Å². The van der Waals surface area contributed by atoms with Crippen LogP contribution in [0.2, 0.25) is 0 Å². The van der Waals surface area contributed by atoms with Crippen LogP contribution in [0.5, 0.6) is 5.75 Å². The quantitative estimate of drug-likeness (QED) is 0.458. The monoisotopic (exact) mass is 445 g/mol. The first kappa shape index (κ1) is 21.2. The van der Waals surface area contributed by atoms with Gasteiger partial charge in [-0.05, 0) is 36.4 Å². The van der Waals surface area contributed by atoms with Gasteiger partial charge in [-0.25, -0.2) is 9.78 Å². The van der Waals surface area contributed by atoms with Crippen molar-refractivity contribution < 1.29 is 37.0 Å². The van der Waals surface area contributed by atoms with Crippen LogP contribution in [0.15, 0.2) is 47.0 Å². The first-order valence-corrected chi connectivity index (χ1v) is 9.09. The molecule has 32 heavy (non-hydrogen) atoms. The number of aromatic amines is 1. The number of aromatic nitrogens is 2. The normalized spacial score (nSPS) is 13.7. The van der Waals surface area contributed by atoms with Crippen LogP contribution < -0.4 is 4.74 Å². The number of aliphatic carboxylic acids is 1. The molecule has 2 N–H and O–H groups in total. The maximum atomic E-state index is 14.9. The van der Waals surface area contributed by atoms with Crippen molar-refractivity contribution in [3.8, 4) is 11.8 Å². The van der Waals surface area contributed by atoms with Crippen LogP contribution in [0.1, 0.15) is 17.0 Å². The fraction of sp³-hybridized carbons (Fsp3) is 0.190. The molecule has 0 aliphatic carbocycles. The van der Waals surface area contributed by atoms with Gasteiger partial charge in [0.15, 0.2) is 5.58 Å². The molecule has 0 spiro atoms. The Labute approximate surface area is 177 Å². The number of alkyl halides is 3. The van der Waals surface area contributed by atoms with Crippen molar-refractivity contribution in [2.24, 2.45) is 0 Å². The van der Waals surface area contributed by atoms with Gasteiger partial charge < -0.3 is 24.0 Å². The second-order valence-corrected chi connectivity index (χ2v) is 6.76. The Morgan fingerprint density at radius 3 is 2.72 bits per heavy atom. The van der Waals surface area contributed by atoms with Crippen LogP contribution in [0, 0.1) is 11.3 Å². The van der Waals surface area contributed by atoms with Crippen LogP contribution in [0.4, 0.5) is 13.2 Å². The summed E-state index contributed by atoms with van der Waals surface area (Å²) in [7, 11) is 1.18. The second-order valence-electron chi connectivity index (χ2n) is 6.76. The maximum Gasteiger partial charge on any atom is 0.431 e. The summed E-state index contributed by atoms with van der Waals surface area (Å²) in [6, 6.07) is 9.99. The Kier molecular flexibility index (Phi) is 5.02. The number of oxazole rings is 1. The molecule has 2 aromatic carbocycles. The third-order valence-corrected chi connectivity index (χ3v) is 4.90. The van der Waals surface area contributed by atoms with E-state index in [9.17, 15) is 18.0 Å². The van der Waals surface area contributed by atoms with E-state index in [-0.39, 0.29) is 27.8 Å². The number of H-pyrrole nitrogens is 1. The van der Waals surface area contributed by atoms with Crippen molar-refractivity contribution >= 4 is 28.0 Å². The van der Waals surface area contributed by atoms with E-state index in [2.05, 4.69) is 9.97 Å². The summed E-state index contributed by atoms with van der Waals surface area (Å²) in [6.45, 7) is -1.30. The van der Waals surface area contributed by atoms with Crippen LogP contribution in [0.3, 0.4) is 0 Å². The van der Waals surface area contributed by atoms with E-state index in [0.29, 0.717) is 5.52 Å². The van der Waals surface area contributed by atoms with Gasteiger partial charge in [0.25, 0.3) is 5.60 Å². The summed E-state index contributed by atoms with van der Waals surface area (Å²) in [5, 5.41) is 18.3.